The molecule has 184 valence electrons. The Morgan fingerprint density at radius 3 is 2.20 bits per heavy atom. The van der Waals surface area contributed by atoms with Gasteiger partial charge in [0.1, 0.15) is 12.3 Å². The molecule has 0 aliphatic heterocycles. The second kappa shape index (κ2) is 11.2. The molecule has 0 atom stereocenters. The number of sulfonamides is 1. The molecule has 10 heteroatoms. The van der Waals surface area contributed by atoms with Gasteiger partial charge in [-0.25, -0.2) is 8.42 Å². The quantitative estimate of drug-likeness (QED) is 0.441. The highest BCUT2D eigenvalue weighted by Gasteiger charge is 2.28. The summed E-state index contributed by atoms with van der Waals surface area (Å²) in [6.45, 7) is 3.12. The normalized spacial score (nSPS) is 11.1. The Hall–Kier alpha value is -3.56. The Balaban J connectivity index is 1.92. The molecule has 0 saturated heterocycles. The van der Waals surface area contributed by atoms with Crippen molar-refractivity contribution in [3.63, 3.8) is 0 Å². The summed E-state index contributed by atoms with van der Waals surface area (Å²) in [5.74, 6) is -0.478. The van der Waals surface area contributed by atoms with Crippen LogP contribution in [0.25, 0.3) is 0 Å². The van der Waals surface area contributed by atoms with E-state index in [0.717, 1.165) is 4.31 Å². The van der Waals surface area contributed by atoms with Gasteiger partial charge in [-0.05, 0) is 74.5 Å². The van der Waals surface area contributed by atoms with E-state index in [-0.39, 0.29) is 33.8 Å². The predicted molar refractivity (Wildman–Crippen MR) is 137 cm³/mol. The molecule has 0 radical (unpaired) electrons. The molecule has 8 nitrogen and oxygen atoms in total. The van der Waals surface area contributed by atoms with Crippen LogP contribution in [-0.4, -0.2) is 39.9 Å². The maximum atomic E-state index is 13.5. The molecule has 2 amide bonds. The van der Waals surface area contributed by atoms with Crippen molar-refractivity contribution in [1.29, 1.82) is 0 Å². The fraction of sp³-hybridized carbons (Fsp3) is 0.200. The highest BCUT2D eigenvalue weighted by molar-refractivity contribution is 7.92. The zero-order chi connectivity index (χ0) is 25.6. The monoisotopic (exact) mass is 515 g/mol. The van der Waals surface area contributed by atoms with E-state index in [1.807, 2.05) is 13.8 Å². The Labute approximate surface area is 209 Å². The molecule has 0 heterocycles. The summed E-state index contributed by atoms with van der Waals surface area (Å²) in [4.78, 5) is 25.6. The molecule has 0 aromatic heterocycles. The summed E-state index contributed by atoms with van der Waals surface area (Å²) in [6.07, 6.45) is 0. The van der Waals surface area contributed by atoms with Crippen LogP contribution in [0.2, 0.25) is 5.02 Å². The molecule has 0 aliphatic rings. The molecule has 2 N–H and O–H groups in total. The van der Waals surface area contributed by atoms with Crippen molar-refractivity contribution >= 4 is 44.8 Å². The number of carbonyl (C=O) groups is 2. The lowest BCUT2D eigenvalue weighted by Gasteiger charge is -2.24. The van der Waals surface area contributed by atoms with Gasteiger partial charge in [0, 0.05) is 11.1 Å². The van der Waals surface area contributed by atoms with E-state index in [4.69, 9.17) is 16.3 Å². The van der Waals surface area contributed by atoms with Crippen LogP contribution in [0.4, 0.5) is 11.4 Å². The maximum absolute atomic E-state index is 13.5. The van der Waals surface area contributed by atoms with Crippen molar-refractivity contribution in [2.75, 3.05) is 23.3 Å². The van der Waals surface area contributed by atoms with Crippen LogP contribution < -0.4 is 19.7 Å². The molecular formula is C25H26ClN3O5S. The van der Waals surface area contributed by atoms with Crippen LogP contribution in [0.1, 0.15) is 24.2 Å². The van der Waals surface area contributed by atoms with E-state index in [1.54, 1.807) is 24.3 Å². The van der Waals surface area contributed by atoms with E-state index < -0.39 is 22.5 Å². The van der Waals surface area contributed by atoms with Crippen LogP contribution in [0.15, 0.2) is 77.7 Å². The average Bonchev–Trinajstić information content (AvgIpc) is 2.83. The van der Waals surface area contributed by atoms with E-state index in [1.165, 1.54) is 55.6 Å². The van der Waals surface area contributed by atoms with Gasteiger partial charge in [-0.2, -0.15) is 0 Å². The fourth-order valence-electron chi connectivity index (χ4n) is 3.25. The smallest absolute Gasteiger partial charge is 0.264 e. The number of hydrogen-bond acceptors (Lipinski definition) is 5. The van der Waals surface area contributed by atoms with Crippen molar-refractivity contribution in [2.45, 2.75) is 24.8 Å². The molecule has 0 bridgehead atoms. The van der Waals surface area contributed by atoms with Gasteiger partial charge in [0.05, 0.1) is 28.9 Å². The van der Waals surface area contributed by atoms with E-state index >= 15 is 0 Å². The van der Waals surface area contributed by atoms with Gasteiger partial charge >= 0.3 is 0 Å². The minimum Gasteiger partial charge on any atom is -0.497 e. The third-order valence-corrected chi connectivity index (χ3v) is 6.95. The lowest BCUT2D eigenvalue weighted by atomic mass is 10.1. The number of rotatable bonds is 9. The SMILES string of the molecule is COc1ccc(S(=O)(=O)N(CC(=O)Nc2ccccc2C(=O)NC(C)C)c2ccc(Cl)cc2)cc1. The summed E-state index contributed by atoms with van der Waals surface area (Å²) >= 11 is 5.98. The third-order valence-electron chi connectivity index (χ3n) is 4.91. The molecule has 0 spiro atoms. The molecule has 3 aromatic rings. The molecule has 3 aromatic carbocycles. The Bertz CT molecular complexity index is 1290. The van der Waals surface area contributed by atoms with Crippen LogP contribution in [-0.2, 0) is 14.8 Å². The van der Waals surface area contributed by atoms with Gasteiger partial charge in [-0.3, -0.25) is 13.9 Å². The van der Waals surface area contributed by atoms with Gasteiger partial charge in [0.25, 0.3) is 15.9 Å². The Morgan fingerprint density at radius 1 is 0.971 bits per heavy atom. The minimum absolute atomic E-state index is 0.0160. The first kappa shape index (κ1) is 26.1. The predicted octanol–water partition coefficient (Wildman–Crippen LogP) is 4.32. The largest absolute Gasteiger partial charge is 0.497 e. The number of hydrogen-bond donors (Lipinski definition) is 2. The Kier molecular flexibility index (Phi) is 8.37. The Morgan fingerprint density at radius 2 is 1.60 bits per heavy atom. The van der Waals surface area contributed by atoms with Crippen LogP contribution >= 0.6 is 11.6 Å². The summed E-state index contributed by atoms with van der Waals surface area (Å²) in [7, 11) is -2.65. The average molecular weight is 516 g/mol. The number of ether oxygens (including phenoxy) is 1. The van der Waals surface area contributed by atoms with Crippen LogP contribution in [0, 0.1) is 0 Å². The maximum Gasteiger partial charge on any atom is 0.264 e. The number of nitrogens with one attached hydrogen (secondary N) is 2. The zero-order valence-electron chi connectivity index (χ0n) is 19.5. The molecule has 0 saturated carbocycles. The lowest BCUT2D eigenvalue weighted by molar-refractivity contribution is -0.114. The summed E-state index contributed by atoms with van der Waals surface area (Å²) in [5, 5.41) is 5.87. The topological polar surface area (TPSA) is 105 Å². The third kappa shape index (κ3) is 6.52. The lowest BCUT2D eigenvalue weighted by Crippen LogP contribution is -2.38. The molecule has 0 unspecified atom stereocenters. The first-order valence-electron chi connectivity index (χ1n) is 10.7. The summed E-state index contributed by atoms with van der Waals surface area (Å²) in [5.41, 5.74) is 0.797. The summed E-state index contributed by atoms with van der Waals surface area (Å²) in [6, 6.07) is 18.4. The fourth-order valence-corrected chi connectivity index (χ4v) is 4.79. The van der Waals surface area contributed by atoms with Crippen LogP contribution in [0.5, 0.6) is 5.75 Å². The van der Waals surface area contributed by atoms with Gasteiger partial charge < -0.3 is 15.4 Å². The van der Waals surface area contributed by atoms with Gasteiger partial charge in [-0.1, -0.05) is 23.7 Å². The van der Waals surface area contributed by atoms with Gasteiger partial charge in [0.2, 0.25) is 5.91 Å². The van der Waals surface area contributed by atoms with Crippen molar-refractivity contribution < 1.29 is 22.7 Å². The highest BCUT2D eigenvalue weighted by Crippen LogP contribution is 2.27. The number of carbonyl (C=O) groups excluding carboxylic acids is 2. The van der Waals surface area contributed by atoms with E-state index in [0.29, 0.717) is 10.8 Å². The minimum atomic E-state index is -4.13. The number of benzene rings is 3. The van der Waals surface area contributed by atoms with Crippen molar-refractivity contribution in [1.82, 2.24) is 5.32 Å². The van der Waals surface area contributed by atoms with Crippen molar-refractivity contribution in [3.8, 4) is 5.75 Å². The molecule has 0 fully saturated rings. The second-order valence-corrected chi connectivity index (χ2v) is 10.2. The number of halogens is 1. The first-order valence-corrected chi connectivity index (χ1v) is 12.6. The number of amides is 2. The standard InChI is InChI=1S/C25H26ClN3O5S/c1-17(2)27-25(31)22-6-4-5-7-23(22)28-24(30)16-29(19-10-8-18(26)9-11-19)35(32,33)21-14-12-20(34-3)13-15-21/h4-15,17H,16H2,1-3H3,(H,27,31)(H,28,30). The summed E-state index contributed by atoms with van der Waals surface area (Å²) < 4.78 is 33.1. The molecule has 3 rings (SSSR count). The van der Waals surface area contributed by atoms with E-state index in [2.05, 4.69) is 10.6 Å². The molecular weight excluding hydrogens is 490 g/mol. The van der Waals surface area contributed by atoms with Gasteiger partial charge in [-0.15, -0.1) is 0 Å². The highest BCUT2D eigenvalue weighted by atomic mass is 35.5. The van der Waals surface area contributed by atoms with Crippen LogP contribution in [0.3, 0.4) is 0 Å². The number of para-hydroxylation sites is 1. The number of nitrogens with zero attached hydrogens (tertiary/aromatic N) is 1. The number of anilines is 2. The number of methoxy groups -OCH3 is 1. The zero-order valence-corrected chi connectivity index (χ0v) is 21.1. The molecule has 35 heavy (non-hydrogen) atoms. The first-order chi connectivity index (χ1) is 16.6. The van der Waals surface area contributed by atoms with Crippen molar-refractivity contribution in [2.24, 2.45) is 0 Å². The second-order valence-electron chi connectivity index (χ2n) is 7.89. The van der Waals surface area contributed by atoms with E-state index in [9.17, 15) is 18.0 Å². The van der Waals surface area contributed by atoms with Gasteiger partial charge in [0.15, 0.2) is 0 Å². The van der Waals surface area contributed by atoms with Crippen molar-refractivity contribution in [3.05, 3.63) is 83.4 Å². The molecule has 0 aliphatic carbocycles.